The van der Waals surface area contributed by atoms with Gasteiger partial charge >= 0.3 is 6.03 Å². The predicted octanol–water partition coefficient (Wildman–Crippen LogP) is 2.94. The minimum atomic E-state index is -2.99. The third kappa shape index (κ3) is 5.27. The van der Waals surface area contributed by atoms with Gasteiger partial charge in [-0.1, -0.05) is 18.7 Å². The fourth-order valence-electron chi connectivity index (χ4n) is 6.08. The average molecular weight is 564 g/mol. The lowest BCUT2D eigenvalue weighted by molar-refractivity contribution is -0.140. The summed E-state index contributed by atoms with van der Waals surface area (Å²) >= 11 is 0. The van der Waals surface area contributed by atoms with Crippen molar-refractivity contribution in [1.82, 2.24) is 25.2 Å². The molecule has 1 aromatic carbocycles. The van der Waals surface area contributed by atoms with E-state index in [0.29, 0.717) is 24.4 Å². The molecule has 11 nitrogen and oxygen atoms in total. The number of sulfone groups is 1. The zero-order valence-corrected chi connectivity index (χ0v) is 23.0. The number of anilines is 2. The standard InChI is InChI=1S/C28H33N7O4S/c1-2-24(36)35-16-28(17-35)9-7-21(8-10-28)32-27(37)31-20-5-3-19(4-6-20)23-15-22-25(33-23)29-18-30-26(22)34-11-13-40(38,39)14-12-34/h2-6,15,18,21H,1,7-14,16-17H2,(H,29,30,33)(H2,31,32,37). The number of nitrogens with zero attached hydrogens (tertiary/aromatic N) is 4. The molecule has 6 rings (SSSR count). The number of benzene rings is 1. The van der Waals surface area contributed by atoms with Gasteiger partial charge in [0.1, 0.15) is 17.8 Å². The van der Waals surface area contributed by atoms with Crippen LogP contribution in [0.4, 0.5) is 16.3 Å². The van der Waals surface area contributed by atoms with Crippen molar-refractivity contribution in [2.45, 2.75) is 31.7 Å². The summed E-state index contributed by atoms with van der Waals surface area (Å²) in [4.78, 5) is 40.4. The zero-order valence-electron chi connectivity index (χ0n) is 22.2. The second-order valence-electron chi connectivity index (χ2n) is 11.1. The molecule has 1 saturated carbocycles. The van der Waals surface area contributed by atoms with Crippen molar-refractivity contribution in [1.29, 1.82) is 0 Å². The van der Waals surface area contributed by atoms with Crippen molar-refractivity contribution in [2.75, 3.05) is 47.9 Å². The Morgan fingerprint density at radius 3 is 2.45 bits per heavy atom. The predicted molar refractivity (Wildman–Crippen MR) is 154 cm³/mol. The molecule has 3 fully saturated rings. The number of fused-ring (bicyclic) bond motifs is 1. The average Bonchev–Trinajstić information content (AvgIpc) is 3.37. The van der Waals surface area contributed by atoms with E-state index in [1.807, 2.05) is 40.1 Å². The van der Waals surface area contributed by atoms with E-state index in [1.54, 1.807) is 0 Å². The lowest BCUT2D eigenvalue weighted by atomic mass is 9.67. The van der Waals surface area contributed by atoms with E-state index in [9.17, 15) is 18.0 Å². The summed E-state index contributed by atoms with van der Waals surface area (Å²) in [6.07, 6.45) is 6.67. The molecule has 0 radical (unpaired) electrons. The minimum Gasteiger partial charge on any atom is -0.354 e. The van der Waals surface area contributed by atoms with Crippen molar-refractivity contribution in [3.63, 3.8) is 0 Å². The molecule has 4 heterocycles. The third-order valence-electron chi connectivity index (χ3n) is 8.42. The first-order chi connectivity index (χ1) is 19.2. The Kier molecular flexibility index (Phi) is 6.73. The molecule has 40 heavy (non-hydrogen) atoms. The van der Waals surface area contributed by atoms with Gasteiger partial charge < -0.3 is 25.4 Å². The maximum atomic E-state index is 12.7. The third-order valence-corrected chi connectivity index (χ3v) is 10.0. The van der Waals surface area contributed by atoms with Gasteiger partial charge in [0.2, 0.25) is 5.91 Å². The van der Waals surface area contributed by atoms with E-state index in [4.69, 9.17) is 0 Å². The Hall–Kier alpha value is -3.93. The fourth-order valence-corrected chi connectivity index (χ4v) is 7.28. The number of rotatable bonds is 5. The summed E-state index contributed by atoms with van der Waals surface area (Å²) in [5.41, 5.74) is 3.37. The number of likely N-dealkylation sites (tertiary alicyclic amines) is 1. The highest BCUT2D eigenvalue weighted by atomic mass is 32.2. The van der Waals surface area contributed by atoms with Crippen LogP contribution in [0, 0.1) is 5.41 Å². The van der Waals surface area contributed by atoms with Crippen LogP contribution in [-0.2, 0) is 14.6 Å². The first-order valence-corrected chi connectivity index (χ1v) is 15.4. The lowest BCUT2D eigenvalue weighted by Gasteiger charge is -2.53. The van der Waals surface area contributed by atoms with Crippen LogP contribution in [0.2, 0.25) is 0 Å². The number of carbonyl (C=O) groups is 2. The van der Waals surface area contributed by atoms with Crippen LogP contribution in [0.1, 0.15) is 25.7 Å². The highest BCUT2D eigenvalue weighted by molar-refractivity contribution is 7.91. The first kappa shape index (κ1) is 26.3. The Bertz CT molecular complexity index is 1540. The maximum Gasteiger partial charge on any atom is 0.319 e. The summed E-state index contributed by atoms with van der Waals surface area (Å²) in [6, 6.07) is 9.45. The van der Waals surface area contributed by atoms with Crippen LogP contribution in [0.25, 0.3) is 22.3 Å². The summed E-state index contributed by atoms with van der Waals surface area (Å²) in [6.45, 7) is 5.96. The quantitative estimate of drug-likeness (QED) is 0.406. The molecule has 2 aliphatic heterocycles. The maximum absolute atomic E-state index is 12.7. The number of carbonyl (C=O) groups excluding carboxylic acids is 2. The van der Waals surface area contributed by atoms with Crippen molar-refractivity contribution >= 4 is 44.3 Å². The normalized spacial score (nSPS) is 20.2. The second-order valence-corrected chi connectivity index (χ2v) is 13.4. The van der Waals surface area contributed by atoms with E-state index in [1.165, 1.54) is 12.4 Å². The molecule has 3 N–H and O–H groups in total. The van der Waals surface area contributed by atoms with E-state index >= 15 is 0 Å². The van der Waals surface area contributed by atoms with Gasteiger partial charge in [-0.25, -0.2) is 23.2 Å². The van der Waals surface area contributed by atoms with Crippen molar-refractivity contribution in [3.05, 3.63) is 49.3 Å². The number of nitrogens with one attached hydrogen (secondary N) is 3. The molecule has 0 unspecified atom stereocenters. The molecule has 1 spiro atoms. The smallest absolute Gasteiger partial charge is 0.319 e. The molecule has 2 aromatic heterocycles. The largest absolute Gasteiger partial charge is 0.354 e. The molecule has 210 valence electrons. The number of amides is 3. The van der Waals surface area contributed by atoms with Gasteiger partial charge in [-0.2, -0.15) is 0 Å². The van der Waals surface area contributed by atoms with Crippen LogP contribution in [0.15, 0.2) is 49.3 Å². The van der Waals surface area contributed by atoms with Gasteiger partial charge in [-0.05, 0) is 55.5 Å². The number of hydrogen-bond donors (Lipinski definition) is 3. The molecule has 1 aliphatic carbocycles. The Morgan fingerprint density at radius 2 is 1.77 bits per heavy atom. The Labute approximate surface area is 233 Å². The number of H-pyrrole nitrogens is 1. The Balaban J connectivity index is 1.04. The number of aromatic amines is 1. The van der Waals surface area contributed by atoms with Gasteiger partial charge in [-0.15, -0.1) is 0 Å². The molecule has 3 aliphatic rings. The molecule has 2 saturated heterocycles. The Morgan fingerprint density at radius 1 is 1.07 bits per heavy atom. The van der Waals surface area contributed by atoms with Crippen LogP contribution >= 0.6 is 0 Å². The zero-order chi connectivity index (χ0) is 27.9. The lowest BCUT2D eigenvalue weighted by Crippen LogP contribution is -2.60. The van der Waals surface area contributed by atoms with Crippen LogP contribution < -0.4 is 15.5 Å². The molecule has 3 amide bonds. The second kappa shape index (κ2) is 10.2. The van der Waals surface area contributed by atoms with Crippen LogP contribution in [0.5, 0.6) is 0 Å². The van der Waals surface area contributed by atoms with Gasteiger partial charge in [-0.3, -0.25) is 4.79 Å². The molecule has 12 heteroatoms. The van der Waals surface area contributed by atoms with Gasteiger partial charge in [0.15, 0.2) is 9.84 Å². The molecule has 0 bridgehead atoms. The molecular weight excluding hydrogens is 530 g/mol. The van der Waals surface area contributed by atoms with E-state index in [0.717, 1.165) is 61.2 Å². The summed E-state index contributed by atoms with van der Waals surface area (Å²) in [5.74, 6) is 0.967. The van der Waals surface area contributed by atoms with Crippen molar-refractivity contribution in [3.8, 4) is 11.3 Å². The highest BCUT2D eigenvalue weighted by Crippen LogP contribution is 2.44. The summed E-state index contributed by atoms with van der Waals surface area (Å²) in [5, 5.41) is 6.87. The van der Waals surface area contributed by atoms with E-state index in [2.05, 4.69) is 32.2 Å². The minimum absolute atomic E-state index is 0.00351. The fraction of sp³-hybridized carbons (Fsp3) is 0.429. The molecule has 3 aromatic rings. The van der Waals surface area contributed by atoms with Gasteiger partial charge in [0.25, 0.3) is 0 Å². The van der Waals surface area contributed by atoms with Crippen LogP contribution in [-0.4, -0.2) is 83.9 Å². The SMILES string of the molecule is C=CC(=O)N1CC2(CCC(NC(=O)Nc3ccc(-c4cc5c(N6CCS(=O)(=O)CC6)ncnc5[nH]4)cc3)CC2)C1. The monoisotopic (exact) mass is 563 g/mol. The topological polar surface area (TPSA) is 140 Å². The van der Waals surface area contributed by atoms with Gasteiger partial charge in [0, 0.05) is 49.0 Å². The van der Waals surface area contributed by atoms with Crippen molar-refractivity contribution in [2.24, 2.45) is 5.41 Å². The summed E-state index contributed by atoms with van der Waals surface area (Å²) in [7, 11) is -2.99. The van der Waals surface area contributed by atoms with Gasteiger partial charge in [0.05, 0.1) is 16.9 Å². The molecule has 0 atom stereocenters. The van der Waals surface area contributed by atoms with Crippen molar-refractivity contribution < 1.29 is 18.0 Å². The summed E-state index contributed by atoms with van der Waals surface area (Å²) < 4.78 is 23.7. The number of hydrogen-bond acceptors (Lipinski definition) is 7. The van der Waals surface area contributed by atoms with E-state index in [-0.39, 0.29) is 34.9 Å². The highest BCUT2D eigenvalue weighted by Gasteiger charge is 2.46. The molecular formula is C28H33N7O4S. The first-order valence-electron chi connectivity index (χ1n) is 13.6. The number of urea groups is 1. The van der Waals surface area contributed by atoms with Crippen LogP contribution in [0.3, 0.4) is 0 Å². The van der Waals surface area contributed by atoms with E-state index < -0.39 is 9.84 Å². The number of aromatic nitrogens is 3.